The van der Waals surface area contributed by atoms with Gasteiger partial charge in [0.1, 0.15) is 0 Å². The first-order valence-electron chi connectivity index (χ1n) is 9.30. The Morgan fingerprint density at radius 3 is 2.36 bits per heavy atom. The highest BCUT2D eigenvalue weighted by Gasteiger charge is 2.14. The monoisotopic (exact) mass is 404 g/mol. The molecule has 6 nitrogen and oxygen atoms in total. The number of carboxylic acids is 2. The Morgan fingerprint density at radius 1 is 1.00 bits per heavy atom. The summed E-state index contributed by atoms with van der Waals surface area (Å²) >= 11 is 6.44. The quantitative estimate of drug-likeness (QED) is 0.684. The second-order valence-corrected chi connectivity index (χ2v) is 6.93. The number of aryl methyl sites for hydroxylation is 1. The van der Waals surface area contributed by atoms with Crippen molar-refractivity contribution in [3.8, 4) is 0 Å². The van der Waals surface area contributed by atoms with Crippen LogP contribution >= 0.6 is 11.6 Å². The Kier molecular flexibility index (Phi) is 8.91. The molecule has 7 heteroatoms. The Bertz CT molecular complexity index is 782. The van der Waals surface area contributed by atoms with E-state index in [9.17, 15) is 9.59 Å². The molecule has 0 saturated heterocycles. The smallest absolute Gasteiger partial charge is 0.303 e. The van der Waals surface area contributed by atoms with Gasteiger partial charge in [0.2, 0.25) is 0 Å². The van der Waals surface area contributed by atoms with Gasteiger partial charge in [0.25, 0.3) is 0 Å². The van der Waals surface area contributed by atoms with Crippen molar-refractivity contribution in [1.82, 2.24) is 10.3 Å². The van der Waals surface area contributed by atoms with Crippen LogP contribution in [0.1, 0.15) is 35.2 Å². The van der Waals surface area contributed by atoms with Crippen LogP contribution in [0.15, 0.2) is 36.5 Å². The van der Waals surface area contributed by atoms with E-state index >= 15 is 0 Å². The van der Waals surface area contributed by atoms with Crippen LogP contribution in [0.3, 0.4) is 0 Å². The fourth-order valence-electron chi connectivity index (χ4n) is 3.10. The Morgan fingerprint density at radius 2 is 1.71 bits per heavy atom. The number of fused-ring (bicyclic) bond motifs is 1. The van der Waals surface area contributed by atoms with Crippen LogP contribution in [-0.2, 0) is 35.3 Å². The van der Waals surface area contributed by atoms with Crippen molar-refractivity contribution in [1.29, 1.82) is 0 Å². The topological polar surface area (TPSA) is 99.5 Å². The minimum atomic E-state index is -1.08. The zero-order valence-electron chi connectivity index (χ0n) is 15.7. The van der Waals surface area contributed by atoms with Crippen LogP contribution in [-0.4, -0.2) is 40.2 Å². The third kappa shape index (κ3) is 7.29. The first-order chi connectivity index (χ1) is 13.5. The molecular formula is C21H25ClN2O4. The van der Waals surface area contributed by atoms with Crippen molar-refractivity contribution in [2.24, 2.45) is 0 Å². The van der Waals surface area contributed by atoms with Gasteiger partial charge in [0.05, 0.1) is 12.8 Å². The second-order valence-electron chi connectivity index (χ2n) is 6.52. The highest BCUT2D eigenvalue weighted by Crippen LogP contribution is 2.27. The van der Waals surface area contributed by atoms with E-state index in [4.69, 9.17) is 21.8 Å². The molecule has 28 heavy (non-hydrogen) atoms. The van der Waals surface area contributed by atoms with E-state index in [-0.39, 0.29) is 12.8 Å². The summed E-state index contributed by atoms with van der Waals surface area (Å²) in [6, 6.07) is 10.3. The summed E-state index contributed by atoms with van der Waals surface area (Å²) in [4.78, 5) is 23.7. The van der Waals surface area contributed by atoms with E-state index in [2.05, 4.69) is 28.5 Å². The molecule has 150 valence electrons. The van der Waals surface area contributed by atoms with E-state index in [0.717, 1.165) is 49.5 Å². The van der Waals surface area contributed by atoms with Crippen molar-refractivity contribution in [2.75, 3.05) is 13.1 Å². The fraction of sp³-hybridized carbons (Fsp3) is 0.381. The molecule has 0 fully saturated rings. The molecule has 0 bridgehead atoms. The van der Waals surface area contributed by atoms with E-state index < -0.39 is 11.9 Å². The first kappa shape index (κ1) is 21.9. The number of aliphatic carboxylic acids is 2. The van der Waals surface area contributed by atoms with Crippen LogP contribution in [0, 0.1) is 0 Å². The maximum absolute atomic E-state index is 9.64. The summed E-state index contributed by atoms with van der Waals surface area (Å²) in [6.45, 7) is 2.11. The minimum Gasteiger partial charge on any atom is -0.481 e. The lowest BCUT2D eigenvalue weighted by Gasteiger charge is -2.14. The average Bonchev–Trinajstić information content (AvgIpc) is 2.92. The lowest BCUT2D eigenvalue weighted by molar-refractivity contribution is -0.143. The predicted octanol–water partition coefficient (Wildman–Crippen LogP) is 3.14. The van der Waals surface area contributed by atoms with Gasteiger partial charge >= 0.3 is 11.9 Å². The zero-order chi connectivity index (χ0) is 20.4. The third-order valence-electron chi connectivity index (χ3n) is 4.50. The van der Waals surface area contributed by atoms with E-state index in [1.54, 1.807) is 0 Å². The number of carbonyl (C=O) groups is 2. The van der Waals surface area contributed by atoms with Crippen LogP contribution in [0.4, 0.5) is 0 Å². The number of halogens is 1. The highest BCUT2D eigenvalue weighted by molar-refractivity contribution is 6.31. The lowest BCUT2D eigenvalue weighted by atomic mass is 9.94. The van der Waals surface area contributed by atoms with Crippen LogP contribution < -0.4 is 5.32 Å². The number of benzene rings is 1. The summed E-state index contributed by atoms with van der Waals surface area (Å²) < 4.78 is 0. The molecule has 1 aromatic carbocycles. The zero-order valence-corrected chi connectivity index (χ0v) is 16.4. The largest absolute Gasteiger partial charge is 0.481 e. The van der Waals surface area contributed by atoms with Gasteiger partial charge in [-0.05, 0) is 73.7 Å². The average molecular weight is 405 g/mol. The fourth-order valence-corrected chi connectivity index (χ4v) is 3.37. The molecule has 3 N–H and O–H groups in total. The number of nitrogens with zero attached hydrogens (tertiary/aromatic N) is 1. The number of hydrogen-bond acceptors (Lipinski definition) is 4. The molecule has 1 aliphatic rings. The highest BCUT2D eigenvalue weighted by atomic mass is 35.5. The molecule has 1 aliphatic heterocycles. The molecule has 0 unspecified atom stereocenters. The third-order valence-corrected chi connectivity index (χ3v) is 4.86. The van der Waals surface area contributed by atoms with Gasteiger partial charge in [-0.1, -0.05) is 23.7 Å². The number of nitrogens with one attached hydrogen (secondary N) is 1. The Labute approximate surface area is 169 Å². The standard InChI is InChI=1S/C17H19ClN2.C4H6O4/c18-17-7-4-13-8-11-19-12-9-15(13)16(17)6-5-14-3-1-2-10-20-14;5-3(6)1-2-4(7)8/h1-4,7,10,19H,5-6,8-9,11-12H2;1-2H2,(H,5,6)(H,7,8). The van der Waals surface area contributed by atoms with Gasteiger partial charge in [-0.2, -0.15) is 0 Å². The molecule has 3 rings (SSSR count). The minimum absolute atomic E-state index is 0.296. The number of rotatable bonds is 6. The normalized spacial score (nSPS) is 12.9. The molecule has 0 amide bonds. The van der Waals surface area contributed by atoms with E-state index in [0.29, 0.717) is 0 Å². The summed E-state index contributed by atoms with van der Waals surface area (Å²) in [5, 5.41) is 20.2. The van der Waals surface area contributed by atoms with Gasteiger partial charge in [0.15, 0.2) is 0 Å². The second kappa shape index (κ2) is 11.4. The summed E-state index contributed by atoms with van der Waals surface area (Å²) in [5.74, 6) is -2.15. The first-order valence-corrected chi connectivity index (χ1v) is 9.68. The predicted molar refractivity (Wildman–Crippen MR) is 108 cm³/mol. The molecule has 2 heterocycles. The van der Waals surface area contributed by atoms with Gasteiger partial charge in [-0.25, -0.2) is 0 Å². The molecule has 0 spiro atoms. The van der Waals surface area contributed by atoms with Crippen molar-refractivity contribution >= 4 is 23.5 Å². The van der Waals surface area contributed by atoms with Crippen molar-refractivity contribution in [2.45, 2.75) is 38.5 Å². The maximum atomic E-state index is 9.64. The van der Waals surface area contributed by atoms with Crippen molar-refractivity contribution < 1.29 is 19.8 Å². The van der Waals surface area contributed by atoms with Crippen LogP contribution in [0.5, 0.6) is 0 Å². The SMILES string of the molecule is Clc1ccc2c(c1CCc1ccccn1)CCNCC2.O=C(O)CCC(=O)O. The Hall–Kier alpha value is -2.44. The van der Waals surface area contributed by atoms with Gasteiger partial charge in [-0.15, -0.1) is 0 Å². The molecule has 0 aliphatic carbocycles. The number of carboxylic acid groups (broad SMARTS) is 2. The van der Waals surface area contributed by atoms with Gasteiger partial charge < -0.3 is 15.5 Å². The van der Waals surface area contributed by atoms with Crippen molar-refractivity contribution in [3.63, 3.8) is 0 Å². The molecule has 2 aromatic rings. The van der Waals surface area contributed by atoms with Crippen LogP contribution in [0.25, 0.3) is 0 Å². The summed E-state index contributed by atoms with van der Waals surface area (Å²) in [5.41, 5.74) is 5.36. The summed E-state index contributed by atoms with van der Waals surface area (Å²) in [7, 11) is 0. The molecular weight excluding hydrogens is 380 g/mol. The maximum Gasteiger partial charge on any atom is 0.303 e. The number of hydrogen-bond donors (Lipinski definition) is 3. The molecule has 0 radical (unpaired) electrons. The van der Waals surface area contributed by atoms with E-state index in [1.807, 2.05) is 18.3 Å². The molecule has 0 saturated carbocycles. The summed E-state index contributed by atoms with van der Waals surface area (Å²) in [6.07, 6.45) is 5.36. The van der Waals surface area contributed by atoms with E-state index in [1.165, 1.54) is 16.7 Å². The Balaban J connectivity index is 0.000000300. The number of pyridine rings is 1. The van der Waals surface area contributed by atoms with Gasteiger partial charge in [-0.3, -0.25) is 14.6 Å². The lowest BCUT2D eigenvalue weighted by Crippen LogP contribution is -2.16. The molecule has 1 aromatic heterocycles. The molecule has 0 atom stereocenters. The number of aromatic nitrogens is 1. The van der Waals surface area contributed by atoms with Crippen LogP contribution in [0.2, 0.25) is 5.02 Å². The van der Waals surface area contributed by atoms with Gasteiger partial charge in [0, 0.05) is 16.9 Å². The van der Waals surface area contributed by atoms with Crippen molar-refractivity contribution in [3.05, 3.63) is 63.9 Å².